The Balaban J connectivity index is 1.85. The van der Waals surface area contributed by atoms with E-state index in [0.717, 1.165) is 45.6 Å². The number of piperazine rings is 1. The van der Waals surface area contributed by atoms with Crippen molar-refractivity contribution in [1.29, 1.82) is 0 Å². The normalized spacial score (nSPS) is 26.3. The first-order valence-electron chi connectivity index (χ1n) is 8.58. The van der Waals surface area contributed by atoms with Crippen LogP contribution in [0.3, 0.4) is 0 Å². The minimum Gasteiger partial charge on any atom is -0.356 e. The molecule has 1 N–H and O–H groups in total. The molecule has 0 bridgehead atoms. The third kappa shape index (κ3) is 4.22. The van der Waals surface area contributed by atoms with E-state index >= 15 is 0 Å². The highest BCUT2D eigenvalue weighted by Gasteiger charge is 2.33. The van der Waals surface area contributed by atoms with Crippen LogP contribution < -0.4 is 5.32 Å². The molecule has 2 aliphatic heterocycles. The van der Waals surface area contributed by atoms with Gasteiger partial charge in [-0.2, -0.15) is 0 Å². The minimum atomic E-state index is 0.0154. The van der Waals surface area contributed by atoms with E-state index in [4.69, 9.17) is 0 Å². The zero-order valence-corrected chi connectivity index (χ0v) is 14.5. The van der Waals surface area contributed by atoms with E-state index in [-0.39, 0.29) is 23.1 Å². The van der Waals surface area contributed by atoms with Gasteiger partial charge in [0.2, 0.25) is 11.8 Å². The van der Waals surface area contributed by atoms with Crippen molar-refractivity contribution in [2.24, 2.45) is 11.3 Å². The van der Waals surface area contributed by atoms with Crippen molar-refractivity contribution in [3.8, 4) is 0 Å². The lowest BCUT2D eigenvalue weighted by molar-refractivity contribution is -0.140. The quantitative estimate of drug-likeness (QED) is 0.841. The lowest BCUT2D eigenvalue weighted by atomic mass is 9.81. The molecular weight excluding hydrogens is 278 g/mol. The summed E-state index contributed by atoms with van der Waals surface area (Å²) in [6.45, 7) is 12.7. The Hall–Kier alpha value is -1.10. The first-order valence-corrected chi connectivity index (χ1v) is 8.58. The molecule has 0 radical (unpaired) electrons. The number of hydrogen-bond acceptors (Lipinski definition) is 3. The van der Waals surface area contributed by atoms with Crippen LogP contribution in [-0.4, -0.2) is 60.4 Å². The van der Waals surface area contributed by atoms with Gasteiger partial charge in [-0.05, 0) is 18.3 Å². The molecule has 2 heterocycles. The van der Waals surface area contributed by atoms with Gasteiger partial charge < -0.3 is 10.2 Å². The van der Waals surface area contributed by atoms with Crippen molar-refractivity contribution >= 4 is 11.8 Å². The molecule has 2 fully saturated rings. The lowest BCUT2D eigenvalue weighted by Crippen LogP contribution is -2.54. The molecule has 126 valence electrons. The highest BCUT2D eigenvalue weighted by Crippen LogP contribution is 2.27. The zero-order valence-electron chi connectivity index (χ0n) is 14.5. The average Bonchev–Trinajstić information content (AvgIpc) is 2.70. The number of rotatable bonds is 2. The first kappa shape index (κ1) is 17.3. The molecule has 0 unspecified atom stereocenters. The van der Waals surface area contributed by atoms with E-state index in [2.05, 4.69) is 31.0 Å². The maximum atomic E-state index is 12.6. The van der Waals surface area contributed by atoms with Gasteiger partial charge >= 0.3 is 0 Å². The van der Waals surface area contributed by atoms with Gasteiger partial charge in [0.25, 0.3) is 0 Å². The summed E-state index contributed by atoms with van der Waals surface area (Å²) in [5.74, 6) is 0.513. The van der Waals surface area contributed by atoms with Gasteiger partial charge in [0.1, 0.15) is 0 Å². The molecule has 2 rings (SSSR count). The monoisotopic (exact) mass is 309 g/mol. The molecular formula is C17H31N3O2. The summed E-state index contributed by atoms with van der Waals surface area (Å²) < 4.78 is 0. The highest BCUT2D eigenvalue weighted by atomic mass is 16.2. The van der Waals surface area contributed by atoms with Gasteiger partial charge in [0.15, 0.2) is 0 Å². The van der Waals surface area contributed by atoms with Crippen molar-refractivity contribution < 1.29 is 9.59 Å². The van der Waals surface area contributed by atoms with E-state index in [1.54, 1.807) is 0 Å². The van der Waals surface area contributed by atoms with Gasteiger partial charge in [0, 0.05) is 51.1 Å². The maximum Gasteiger partial charge on any atom is 0.226 e. The Morgan fingerprint density at radius 3 is 2.41 bits per heavy atom. The van der Waals surface area contributed by atoms with Crippen molar-refractivity contribution in [3.05, 3.63) is 0 Å². The summed E-state index contributed by atoms with van der Waals surface area (Å²) in [6, 6.07) is 0.483. The molecule has 5 nitrogen and oxygen atoms in total. The van der Waals surface area contributed by atoms with Crippen molar-refractivity contribution in [3.63, 3.8) is 0 Å². The van der Waals surface area contributed by atoms with Gasteiger partial charge in [-0.1, -0.05) is 27.7 Å². The van der Waals surface area contributed by atoms with E-state index in [0.29, 0.717) is 12.5 Å². The molecule has 0 aromatic rings. The number of hydrogen-bond donors (Lipinski definition) is 1. The van der Waals surface area contributed by atoms with Gasteiger partial charge in [-0.15, -0.1) is 0 Å². The number of nitrogens with zero attached hydrogens (tertiary/aromatic N) is 2. The predicted octanol–water partition coefficient (Wildman–Crippen LogP) is 1.48. The molecule has 0 spiro atoms. The minimum absolute atomic E-state index is 0.0154. The maximum absolute atomic E-state index is 12.6. The van der Waals surface area contributed by atoms with E-state index in [1.807, 2.05) is 11.8 Å². The summed E-state index contributed by atoms with van der Waals surface area (Å²) in [5, 5.41) is 2.94. The van der Waals surface area contributed by atoms with E-state index in [9.17, 15) is 9.59 Å². The standard InChI is InChI=1S/C17H31N3O2/c1-13(17(2,3)4)16(22)20-11-9-19(10-12-20)14-5-6-15(21)18-8-7-14/h13-14H,5-12H2,1-4H3,(H,18,21)/t13-,14-/m1/s1. The van der Waals surface area contributed by atoms with Crippen LogP contribution in [-0.2, 0) is 9.59 Å². The lowest BCUT2D eigenvalue weighted by Gasteiger charge is -2.41. The van der Waals surface area contributed by atoms with Crippen molar-refractivity contribution in [2.75, 3.05) is 32.7 Å². The number of nitrogens with one attached hydrogen (secondary N) is 1. The van der Waals surface area contributed by atoms with Gasteiger partial charge in [-0.3, -0.25) is 14.5 Å². The summed E-state index contributed by atoms with van der Waals surface area (Å²) in [4.78, 5) is 28.5. The second kappa shape index (κ2) is 6.99. The molecule has 0 saturated carbocycles. The summed E-state index contributed by atoms with van der Waals surface area (Å²) in [7, 11) is 0. The largest absolute Gasteiger partial charge is 0.356 e. The van der Waals surface area contributed by atoms with Crippen molar-refractivity contribution in [1.82, 2.24) is 15.1 Å². The number of amides is 2. The molecule has 0 aliphatic carbocycles. The Labute approximate surface area is 134 Å². The summed E-state index contributed by atoms with van der Waals surface area (Å²) in [6.07, 6.45) is 2.60. The average molecular weight is 309 g/mol. The highest BCUT2D eigenvalue weighted by molar-refractivity contribution is 5.79. The van der Waals surface area contributed by atoms with E-state index in [1.165, 1.54) is 0 Å². The fourth-order valence-electron chi connectivity index (χ4n) is 3.23. The molecule has 2 atom stereocenters. The van der Waals surface area contributed by atoms with Crippen LogP contribution in [0.15, 0.2) is 0 Å². The molecule has 2 aliphatic rings. The molecule has 0 aromatic heterocycles. The molecule has 2 amide bonds. The van der Waals surface area contributed by atoms with Gasteiger partial charge in [0.05, 0.1) is 0 Å². The summed E-state index contributed by atoms with van der Waals surface area (Å²) in [5.41, 5.74) is 0.0154. The second-order valence-corrected chi connectivity index (χ2v) is 7.78. The van der Waals surface area contributed by atoms with Crippen LogP contribution >= 0.6 is 0 Å². The van der Waals surface area contributed by atoms with Gasteiger partial charge in [-0.25, -0.2) is 0 Å². The molecule has 2 saturated heterocycles. The van der Waals surface area contributed by atoms with Crippen LogP contribution in [0.1, 0.15) is 47.0 Å². The van der Waals surface area contributed by atoms with Crippen LogP contribution in [0.2, 0.25) is 0 Å². The third-order valence-corrected chi connectivity index (χ3v) is 5.32. The third-order valence-electron chi connectivity index (χ3n) is 5.32. The Bertz CT molecular complexity index is 409. The van der Waals surface area contributed by atoms with Crippen LogP contribution in [0.25, 0.3) is 0 Å². The number of carbonyl (C=O) groups excluding carboxylic acids is 2. The topological polar surface area (TPSA) is 52.7 Å². The fraction of sp³-hybridized carbons (Fsp3) is 0.882. The predicted molar refractivity (Wildman–Crippen MR) is 87.4 cm³/mol. The fourth-order valence-corrected chi connectivity index (χ4v) is 3.23. The molecule has 0 aromatic carbocycles. The second-order valence-electron chi connectivity index (χ2n) is 7.78. The molecule has 5 heteroatoms. The Morgan fingerprint density at radius 1 is 1.18 bits per heavy atom. The van der Waals surface area contributed by atoms with Crippen LogP contribution in [0.4, 0.5) is 0 Å². The first-order chi connectivity index (χ1) is 10.3. The Kier molecular flexibility index (Phi) is 5.48. The van der Waals surface area contributed by atoms with E-state index < -0.39 is 0 Å². The molecule has 22 heavy (non-hydrogen) atoms. The van der Waals surface area contributed by atoms with Crippen LogP contribution in [0.5, 0.6) is 0 Å². The zero-order chi connectivity index (χ0) is 16.3. The summed E-state index contributed by atoms with van der Waals surface area (Å²) >= 11 is 0. The van der Waals surface area contributed by atoms with Crippen molar-refractivity contribution in [2.45, 2.75) is 53.0 Å². The Morgan fingerprint density at radius 2 is 1.82 bits per heavy atom. The van der Waals surface area contributed by atoms with Crippen LogP contribution in [0, 0.1) is 11.3 Å². The SMILES string of the molecule is C[C@H](C(=O)N1CCN([C@H]2CCNC(=O)CC2)CC1)C(C)(C)C. The number of carbonyl (C=O) groups is 2. The smallest absolute Gasteiger partial charge is 0.226 e.